The van der Waals surface area contributed by atoms with Crippen molar-refractivity contribution >= 4 is 25.2 Å². The second-order valence-electron chi connectivity index (χ2n) is 4.48. The van der Waals surface area contributed by atoms with Gasteiger partial charge in [-0.1, -0.05) is 19.1 Å². The van der Waals surface area contributed by atoms with E-state index in [0.717, 1.165) is 17.7 Å². The van der Waals surface area contributed by atoms with Crippen LogP contribution in [0.2, 0.25) is 0 Å². The number of ketones is 2. The van der Waals surface area contributed by atoms with Crippen LogP contribution in [0.3, 0.4) is 0 Å². The largest absolute Gasteiger partial charge is 0.437 e. The van der Waals surface area contributed by atoms with Crippen molar-refractivity contribution in [2.75, 3.05) is 5.23 Å². The summed E-state index contributed by atoms with van der Waals surface area (Å²) < 4.78 is 0. The zero-order chi connectivity index (χ0) is 13.7. The number of benzene rings is 1. The van der Waals surface area contributed by atoms with E-state index in [4.69, 9.17) is 7.98 Å². The molecule has 0 saturated carbocycles. The molecule has 0 aliphatic heterocycles. The van der Waals surface area contributed by atoms with Crippen LogP contribution >= 0.6 is 0 Å². The molecule has 0 spiro atoms. The molecule has 3 nitrogen and oxygen atoms in total. The fraction of sp³-hybridized carbons (Fsp3) is 0.429. The maximum Gasteiger partial charge on any atom is 0.222 e. The number of carbonyl (C=O) groups is 2. The minimum absolute atomic E-state index is 0.0829. The van der Waals surface area contributed by atoms with Gasteiger partial charge < -0.3 is 5.23 Å². The van der Waals surface area contributed by atoms with E-state index in [0.29, 0.717) is 0 Å². The molecular weight excluding hydrogens is 225 g/mol. The Kier molecular flexibility index (Phi) is 5.14. The van der Waals surface area contributed by atoms with Gasteiger partial charge in [-0.15, -0.1) is 0 Å². The number of rotatable bonds is 6. The minimum Gasteiger partial charge on any atom is -0.437 e. The third-order valence-corrected chi connectivity index (χ3v) is 3.20. The van der Waals surface area contributed by atoms with E-state index in [1.54, 1.807) is 0 Å². The fourth-order valence-electron chi connectivity index (χ4n) is 2.38. The van der Waals surface area contributed by atoms with Crippen molar-refractivity contribution in [1.29, 1.82) is 0 Å². The van der Waals surface area contributed by atoms with Crippen LogP contribution in [0.5, 0.6) is 0 Å². The molecule has 0 fully saturated rings. The van der Waals surface area contributed by atoms with Gasteiger partial charge in [-0.25, -0.2) is 0 Å². The molecule has 2 radical (unpaired) electrons. The highest BCUT2D eigenvalue weighted by atomic mass is 16.1. The van der Waals surface area contributed by atoms with Gasteiger partial charge in [0.1, 0.15) is 11.6 Å². The van der Waals surface area contributed by atoms with Gasteiger partial charge >= 0.3 is 0 Å². The number of hydrogen-bond acceptors (Lipinski definition) is 3. The summed E-state index contributed by atoms with van der Waals surface area (Å²) in [4.78, 5) is 23.3. The Morgan fingerprint density at radius 3 is 2.33 bits per heavy atom. The monoisotopic (exact) mass is 243 g/mol. The van der Waals surface area contributed by atoms with Crippen molar-refractivity contribution in [2.24, 2.45) is 5.92 Å². The maximum atomic E-state index is 11.7. The summed E-state index contributed by atoms with van der Waals surface area (Å²) >= 11 is 0. The Morgan fingerprint density at radius 2 is 1.89 bits per heavy atom. The van der Waals surface area contributed by atoms with Gasteiger partial charge in [-0.3, -0.25) is 9.59 Å². The molecule has 0 bridgehead atoms. The Morgan fingerprint density at radius 1 is 1.28 bits per heavy atom. The molecule has 1 rings (SSSR count). The van der Waals surface area contributed by atoms with E-state index in [9.17, 15) is 9.59 Å². The summed E-state index contributed by atoms with van der Waals surface area (Å²) in [7, 11) is 5.37. The van der Waals surface area contributed by atoms with E-state index < -0.39 is 5.92 Å². The van der Waals surface area contributed by atoms with Crippen molar-refractivity contribution in [3.8, 4) is 0 Å². The molecule has 4 heteroatoms. The first-order valence-electron chi connectivity index (χ1n) is 6.08. The van der Waals surface area contributed by atoms with Gasteiger partial charge in [-0.05, 0) is 38.0 Å². The molecule has 1 atom stereocenters. The molecule has 1 aromatic rings. The van der Waals surface area contributed by atoms with E-state index in [-0.39, 0.29) is 17.5 Å². The van der Waals surface area contributed by atoms with Gasteiger partial charge in [0.25, 0.3) is 0 Å². The third kappa shape index (κ3) is 3.22. The third-order valence-electron chi connectivity index (χ3n) is 3.20. The normalized spacial score (nSPS) is 12.2. The van der Waals surface area contributed by atoms with E-state index in [1.165, 1.54) is 13.8 Å². The van der Waals surface area contributed by atoms with Crippen LogP contribution in [0.15, 0.2) is 24.3 Å². The lowest BCUT2D eigenvalue weighted by atomic mass is 9.79. The molecule has 0 aliphatic carbocycles. The van der Waals surface area contributed by atoms with Gasteiger partial charge in [-0.2, -0.15) is 0 Å². The number of anilines is 1. The van der Waals surface area contributed by atoms with Crippen LogP contribution in [0.4, 0.5) is 5.69 Å². The van der Waals surface area contributed by atoms with E-state index >= 15 is 0 Å². The second kappa shape index (κ2) is 6.38. The minimum atomic E-state index is -0.567. The lowest BCUT2D eigenvalue weighted by molar-refractivity contribution is -0.131. The lowest BCUT2D eigenvalue weighted by Crippen LogP contribution is -2.26. The zero-order valence-electron chi connectivity index (χ0n) is 11.1. The predicted octanol–water partition coefficient (Wildman–Crippen LogP) is 2.47. The second-order valence-corrected chi connectivity index (χ2v) is 4.48. The highest BCUT2D eigenvalue weighted by Gasteiger charge is 2.29. The van der Waals surface area contributed by atoms with Crippen LogP contribution in [-0.4, -0.2) is 19.5 Å². The highest BCUT2D eigenvalue weighted by molar-refractivity contribution is 6.15. The van der Waals surface area contributed by atoms with Crippen LogP contribution in [0, 0.1) is 5.92 Å². The van der Waals surface area contributed by atoms with Crippen LogP contribution in [-0.2, 0) is 9.59 Å². The quantitative estimate of drug-likeness (QED) is 0.616. The van der Waals surface area contributed by atoms with Crippen LogP contribution in [0.25, 0.3) is 0 Å². The topological polar surface area (TPSA) is 46.2 Å². The average Bonchev–Trinajstić information content (AvgIpc) is 2.34. The molecule has 18 heavy (non-hydrogen) atoms. The predicted molar refractivity (Wildman–Crippen MR) is 73.7 cm³/mol. The first-order valence-corrected chi connectivity index (χ1v) is 6.08. The molecule has 0 saturated heterocycles. The molecule has 1 N–H and O–H groups in total. The maximum absolute atomic E-state index is 11.7. The summed E-state index contributed by atoms with van der Waals surface area (Å²) in [6.45, 7) is 4.92. The van der Waals surface area contributed by atoms with Crippen molar-refractivity contribution in [3.63, 3.8) is 0 Å². The SMILES string of the molecule is [B]Nc1cccc([C@@H](CC)C(C(C)=O)C(C)=O)c1. The lowest BCUT2D eigenvalue weighted by Gasteiger charge is -2.23. The van der Waals surface area contributed by atoms with Crippen molar-refractivity contribution < 1.29 is 9.59 Å². The number of nitrogens with one attached hydrogen (secondary N) is 1. The van der Waals surface area contributed by atoms with Gasteiger partial charge in [0.2, 0.25) is 7.98 Å². The van der Waals surface area contributed by atoms with E-state index in [1.807, 2.05) is 31.2 Å². The van der Waals surface area contributed by atoms with Gasteiger partial charge in [0.05, 0.1) is 5.92 Å². The van der Waals surface area contributed by atoms with Crippen LogP contribution < -0.4 is 5.23 Å². The Bertz CT molecular complexity index is 431. The fourth-order valence-corrected chi connectivity index (χ4v) is 2.38. The van der Waals surface area contributed by atoms with Gasteiger partial charge in [0.15, 0.2) is 0 Å². The van der Waals surface area contributed by atoms with Crippen molar-refractivity contribution in [2.45, 2.75) is 33.1 Å². The van der Waals surface area contributed by atoms with Crippen LogP contribution in [0.1, 0.15) is 38.7 Å². The molecule has 1 aromatic carbocycles. The number of hydrogen-bond donors (Lipinski definition) is 1. The standard InChI is InChI=1S/C14H18BNO2/c1-4-13(14(9(2)17)10(3)18)11-6-5-7-12(8-11)16-15/h5-8,13-14,16H,4H2,1-3H3/t13-/m1/s1. The first kappa shape index (κ1) is 14.5. The first-order chi connectivity index (χ1) is 8.51. The summed E-state index contributed by atoms with van der Waals surface area (Å²) in [5.74, 6) is -0.822. The smallest absolute Gasteiger partial charge is 0.222 e. The molecule has 0 aromatic heterocycles. The Balaban J connectivity index is 3.14. The molecule has 94 valence electrons. The Labute approximate surface area is 109 Å². The molecule has 0 amide bonds. The van der Waals surface area contributed by atoms with E-state index in [2.05, 4.69) is 5.23 Å². The number of carbonyl (C=O) groups excluding carboxylic acids is 2. The molecule has 0 heterocycles. The van der Waals surface area contributed by atoms with Crippen molar-refractivity contribution in [1.82, 2.24) is 0 Å². The highest BCUT2D eigenvalue weighted by Crippen LogP contribution is 2.31. The number of Topliss-reactive ketones (excluding diaryl/α,β-unsaturated/α-hetero) is 2. The summed E-state index contributed by atoms with van der Waals surface area (Å²) in [6.07, 6.45) is 0.734. The molecular formula is C14H18BNO2. The Hall–Kier alpha value is -1.58. The average molecular weight is 243 g/mol. The van der Waals surface area contributed by atoms with Crippen molar-refractivity contribution in [3.05, 3.63) is 29.8 Å². The molecule has 0 unspecified atom stereocenters. The summed E-state index contributed by atoms with van der Waals surface area (Å²) in [5, 5.41) is 2.57. The molecule has 0 aliphatic rings. The summed E-state index contributed by atoms with van der Waals surface area (Å²) in [6, 6.07) is 7.51. The zero-order valence-corrected chi connectivity index (χ0v) is 11.1. The summed E-state index contributed by atoms with van der Waals surface area (Å²) in [5.41, 5.74) is 1.74. The van der Waals surface area contributed by atoms with Gasteiger partial charge in [0, 0.05) is 11.6 Å².